The van der Waals surface area contributed by atoms with Crippen LogP contribution in [0.3, 0.4) is 0 Å². The number of hydrogen-bond acceptors (Lipinski definition) is 10. The minimum atomic E-state index is -3.46. The molecule has 2 aliphatic carbocycles. The van der Waals surface area contributed by atoms with Gasteiger partial charge in [-0.3, -0.25) is 9.59 Å². The molecule has 0 bridgehead atoms. The smallest absolute Gasteiger partial charge is 0.477 e. The van der Waals surface area contributed by atoms with Crippen molar-refractivity contribution in [2.45, 2.75) is 117 Å². The third kappa shape index (κ3) is 11.5. The van der Waals surface area contributed by atoms with E-state index in [0.717, 1.165) is 29.9 Å². The Hall–Kier alpha value is -5.64. The monoisotopic (exact) mass is 1010 g/mol. The molecule has 0 radical (unpaired) electrons. The number of benzene rings is 2. The van der Waals surface area contributed by atoms with Crippen molar-refractivity contribution >= 4 is 53.0 Å². The van der Waals surface area contributed by atoms with Gasteiger partial charge < -0.3 is 44.1 Å². The van der Waals surface area contributed by atoms with E-state index in [1.807, 2.05) is 39.8 Å². The number of alkyl halides is 2. The van der Waals surface area contributed by atoms with Crippen molar-refractivity contribution in [2.24, 2.45) is 23.7 Å². The van der Waals surface area contributed by atoms with E-state index in [1.165, 1.54) is 17.7 Å². The molecule has 4 fully saturated rings. The number of carbonyl (C=O) groups excluding carboxylic acids is 2. The number of carboxylic acid groups (broad SMARTS) is 1. The summed E-state index contributed by atoms with van der Waals surface area (Å²) in [6.07, 6.45) is -0.271. The fraction of sp³-hybridized carbons (Fsp3) is 0.571. The zero-order valence-corrected chi connectivity index (χ0v) is 41.6. The Morgan fingerprint density at radius 1 is 0.831 bits per heavy atom. The Morgan fingerprint density at radius 3 is 1.80 bits per heavy atom. The number of halogens is 7. The Labute approximate surface area is 407 Å². The number of pyridine rings is 2. The molecule has 4 aliphatic rings. The van der Waals surface area contributed by atoms with Crippen LogP contribution in [-0.2, 0) is 9.39 Å². The number of aryl methyl sites for hydroxylation is 2. The number of anilines is 1. The summed E-state index contributed by atoms with van der Waals surface area (Å²) in [5, 5.41) is 15.6. The predicted octanol–water partition coefficient (Wildman–Crippen LogP) is 8.16. The lowest BCUT2D eigenvalue weighted by atomic mass is 9.91. The van der Waals surface area contributed by atoms with E-state index in [-0.39, 0.29) is 47.5 Å². The number of carbonyl (C=O) groups is 3. The van der Waals surface area contributed by atoms with Gasteiger partial charge in [-0.05, 0) is 83.0 Å². The zero-order chi connectivity index (χ0) is 52.9. The largest absolute Gasteiger partial charge is 0.798 e. The summed E-state index contributed by atoms with van der Waals surface area (Å²) < 4.78 is 106. The number of hydrogen-bond donors (Lipinski definition) is 3. The molecular weight excluding hydrogens is 944 g/mol. The van der Waals surface area contributed by atoms with Crippen molar-refractivity contribution in [3.63, 3.8) is 0 Å². The Morgan fingerprint density at radius 2 is 1.34 bits per heavy atom. The summed E-state index contributed by atoms with van der Waals surface area (Å²) in [6.45, 7) is 20.4. The van der Waals surface area contributed by atoms with Gasteiger partial charge in [-0.2, -0.15) is 0 Å². The highest BCUT2D eigenvalue weighted by Gasteiger charge is 2.43. The first-order valence-electron chi connectivity index (χ1n) is 23.6. The quantitative estimate of drug-likeness (QED) is 0.104. The number of carboxylic acids is 1. The van der Waals surface area contributed by atoms with Crippen molar-refractivity contribution in [1.82, 2.24) is 24.7 Å². The van der Waals surface area contributed by atoms with Gasteiger partial charge in [-0.15, -0.1) is 0 Å². The molecule has 2 aromatic carbocycles. The number of likely N-dealkylation sites (N-methyl/N-ethyl adjacent to an activating group) is 2. The molecule has 14 nitrogen and oxygen atoms in total. The highest BCUT2D eigenvalue weighted by molar-refractivity contribution is 6.38. The maximum absolute atomic E-state index is 15.3. The van der Waals surface area contributed by atoms with Crippen molar-refractivity contribution in [2.75, 3.05) is 45.2 Å². The minimum Gasteiger partial charge on any atom is -0.477 e. The zero-order valence-electron chi connectivity index (χ0n) is 41.6. The van der Waals surface area contributed by atoms with Crippen LogP contribution in [0, 0.1) is 55.0 Å². The van der Waals surface area contributed by atoms with Crippen LogP contribution in [0.4, 0.5) is 41.1 Å². The maximum atomic E-state index is 15.3. The topological polar surface area (TPSA) is 164 Å². The summed E-state index contributed by atoms with van der Waals surface area (Å²) in [5.74, 6) is -4.31. The number of nitrogens with zero attached hydrogens (tertiary/aromatic N) is 4. The normalized spacial score (nSPS) is 23.6. The van der Waals surface area contributed by atoms with Gasteiger partial charge >= 0.3 is 25.5 Å². The average molecular weight is 1010 g/mol. The fourth-order valence-electron chi connectivity index (χ4n) is 9.81. The average Bonchev–Trinajstić information content (AvgIpc) is 4.03. The molecule has 2 saturated heterocycles. The van der Waals surface area contributed by atoms with Gasteiger partial charge in [0.25, 0.3) is 0 Å². The summed E-state index contributed by atoms with van der Waals surface area (Å²) in [5.41, 5.74) is -2.50. The predicted molar refractivity (Wildman–Crippen MR) is 256 cm³/mol. The summed E-state index contributed by atoms with van der Waals surface area (Å²) >= 11 is 0. The second-order valence-electron chi connectivity index (χ2n) is 20.5. The molecule has 3 N–H and O–H groups in total. The molecule has 22 heteroatoms. The lowest BCUT2D eigenvalue weighted by Gasteiger charge is -2.32. The number of rotatable bonds is 10. The highest BCUT2D eigenvalue weighted by Crippen LogP contribution is 2.44. The van der Waals surface area contributed by atoms with Crippen LogP contribution < -0.4 is 26.4 Å². The van der Waals surface area contributed by atoms with Gasteiger partial charge in [0.2, 0.25) is 10.9 Å². The number of aromatic carboxylic acids is 1. The van der Waals surface area contributed by atoms with Gasteiger partial charge in [-0.25, -0.2) is 45.0 Å². The first-order chi connectivity index (χ1) is 33.1. The fourth-order valence-corrected chi connectivity index (χ4v) is 9.81. The Balaban J connectivity index is 0.000000182. The summed E-state index contributed by atoms with van der Waals surface area (Å²) in [7, 11) is 0.274. The van der Waals surface area contributed by atoms with E-state index in [0.29, 0.717) is 59.6 Å². The Kier molecular flexibility index (Phi) is 16.3. The van der Waals surface area contributed by atoms with Crippen LogP contribution in [0.25, 0.3) is 21.8 Å². The van der Waals surface area contributed by atoms with Crippen LogP contribution in [-0.4, -0.2) is 115 Å². The highest BCUT2D eigenvalue weighted by atomic mass is 19.2. The second-order valence-corrected chi connectivity index (χ2v) is 20.5. The molecule has 4 aromatic rings. The summed E-state index contributed by atoms with van der Waals surface area (Å²) in [6, 6.07) is 0.797. The molecule has 2 aliphatic heterocycles. The van der Waals surface area contributed by atoms with Crippen LogP contribution in [0.1, 0.15) is 105 Å². The van der Waals surface area contributed by atoms with Gasteiger partial charge in [0.05, 0.1) is 34.8 Å². The van der Waals surface area contributed by atoms with Crippen LogP contribution in [0.15, 0.2) is 34.1 Å². The van der Waals surface area contributed by atoms with Crippen LogP contribution in [0.5, 0.6) is 0 Å². The van der Waals surface area contributed by atoms with Gasteiger partial charge in [-0.1, -0.05) is 27.7 Å². The second kappa shape index (κ2) is 21.2. The van der Waals surface area contributed by atoms with E-state index in [9.17, 15) is 55.3 Å². The summed E-state index contributed by atoms with van der Waals surface area (Å²) in [4.78, 5) is 64.0. The van der Waals surface area contributed by atoms with E-state index in [1.54, 1.807) is 11.8 Å². The van der Waals surface area contributed by atoms with E-state index >= 15 is 4.39 Å². The first kappa shape index (κ1) is 54.7. The molecule has 2 saturated carbocycles. The molecule has 8 atom stereocenters. The molecule has 0 unspecified atom stereocenters. The molecule has 71 heavy (non-hydrogen) atoms. The van der Waals surface area contributed by atoms with E-state index in [4.69, 9.17) is 4.74 Å². The molecular formula is C49H62BF7N6O8. The molecule has 2 aromatic heterocycles. The van der Waals surface area contributed by atoms with Crippen LogP contribution in [0.2, 0.25) is 0 Å². The number of amides is 1. The number of ether oxygens (including phenoxy) is 1. The molecule has 8 rings (SSSR count). The van der Waals surface area contributed by atoms with E-state index < -0.39 is 94.3 Å². The minimum absolute atomic E-state index is 0.0162. The SMILES string of the molecule is CC(C)[C@H]1CNC[C@H]1N(C)C(=O)OC(C)(C)C.CN[C@@H]1CN(c2c(F)cc3c(=O)c(C(=O)O)cn([C@@H]4C[C@@H]4F)c3c2C)C[C@@H]1C(C)C.Cc1c(F)c(F)cc2c(=O)c(C(=O)OB(F)F)cn([C@@H]3C[C@@H]3F)c12. The van der Waals surface area contributed by atoms with Gasteiger partial charge in [0.1, 0.15) is 34.9 Å². The van der Waals surface area contributed by atoms with Crippen molar-refractivity contribution in [3.8, 4) is 0 Å². The lowest BCUT2D eigenvalue weighted by molar-refractivity contribution is 0.0183. The molecule has 388 valence electrons. The maximum Gasteiger partial charge on any atom is 0.798 e. The van der Waals surface area contributed by atoms with E-state index in [2.05, 4.69) is 43.0 Å². The van der Waals surface area contributed by atoms with Crippen LogP contribution >= 0.6 is 0 Å². The molecule has 1 amide bonds. The number of aromatic nitrogens is 2. The lowest BCUT2D eigenvalue weighted by Crippen LogP contribution is -2.45. The third-order valence-electron chi connectivity index (χ3n) is 13.8. The third-order valence-corrected chi connectivity index (χ3v) is 13.8. The van der Waals surface area contributed by atoms with Crippen molar-refractivity contribution in [3.05, 3.63) is 84.7 Å². The number of fused-ring (bicyclic) bond motifs is 2. The van der Waals surface area contributed by atoms with Gasteiger partial charge in [0.15, 0.2) is 11.6 Å². The number of nitrogens with one attached hydrogen (secondary N) is 2. The van der Waals surface area contributed by atoms with Crippen molar-refractivity contribution < 1.29 is 59.5 Å². The molecule has 4 heterocycles. The molecule has 0 spiro atoms. The first-order valence-corrected chi connectivity index (χ1v) is 23.6. The van der Waals surface area contributed by atoms with Gasteiger partial charge in [0, 0.05) is 80.8 Å². The Bertz CT molecular complexity index is 2820. The standard InChI is InChI=1S/C22H27F2N3O3.C14H9BF5NO3.C13H26N2O2/c1-10(2)13-7-26(9-17(13)25-4)20-11(3)19-12(5-16(20)24)21(28)14(22(29)30)8-27(19)18-6-15(18)23;1-5-11(18)9(17)2-6-12(5)21(10-3-8(10)16)4-7(13(6)22)14(23)24-15(19)20;1-9(2)10-7-14-8-11(10)15(6)12(16)17-13(3,4)5/h5,8,10,13,15,17-18,25H,6-7,9H2,1-4H3,(H,29,30);2,4,8,10H,3H2,1H3;9-11,14H,7-8H2,1-6H3/t13-,15+,17-,18-;8-,10+;10-,11-/m101/s1. The van der Waals surface area contributed by atoms with Crippen molar-refractivity contribution in [1.29, 1.82) is 0 Å².